The van der Waals surface area contributed by atoms with Crippen LogP contribution in [0.15, 0.2) is 58.8 Å². The molecular formula is C24H24ClN3O2S2. The van der Waals surface area contributed by atoms with Gasteiger partial charge < -0.3 is 10.2 Å². The Hall–Kier alpha value is -2.35. The van der Waals surface area contributed by atoms with Crippen LogP contribution in [0.4, 0.5) is 5.69 Å². The molecule has 0 radical (unpaired) electrons. The molecule has 1 aliphatic heterocycles. The van der Waals surface area contributed by atoms with Gasteiger partial charge in [-0.3, -0.25) is 9.59 Å². The zero-order valence-electron chi connectivity index (χ0n) is 17.7. The summed E-state index contributed by atoms with van der Waals surface area (Å²) in [4.78, 5) is 32.9. The minimum atomic E-state index is -0.193. The number of nitrogens with one attached hydrogen (secondary N) is 1. The van der Waals surface area contributed by atoms with Crippen LogP contribution < -0.4 is 5.32 Å². The van der Waals surface area contributed by atoms with Crippen LogP contribution >= 0.6 is 34.7 Å². The molecule has 1 saturated heterocycles. The third-order valence-electron chi connectivity index (χ3n) is 5.61. The third kappa shape index (κ3) is 5.34. The molecule has 0 spiro atoms. The summed E-state index contributed by atoms with van der Waals surface area (Å²) in [5, 5.41) is 6.38. The number of aromatic nitrogens is 1. The maximum absolute atomic E-state index is 12.7. The first-order valence-corrected chi connectivity index (χ1v) is 12.9. The van der Waals surface area contributed by atoms with E-state index in [9.17, 15) is 9.59 Å². The Morgan fingerprint density at radius 1 is 1.16 bits per heavy atom. The van der Waals surface area contributed by atoms with E-state index in [0.717, 1.165) is 34.0 Å². The smallest absolute Gasteiger partial charge is 0.275 e. The van der Waals surface area contributed by atoms with Crippen molar-refractivity contribution < 1.29 is 9.59 Å². The van der Waals surface area contributed by atoms with Gasteiger partial charge in [-0.25, -0.2) is 4.98 Å². The normalized spacial score (nSPS) is 14.4. The highest BCUT2D eigenvalue weighted by atomic mass is 35.5. The molecule has 0 atom stereocenters. The van der Waals surface area contributed by atoms with Crippen LogP contribution in [-0.2, 0) is 11.2 Å². The number of rotatable bonds is 6. The number of carbonyl (C=O) groups excluding carboxylic acids is 2. The number of hydrogen-bond acceptors (Lipinski definition) is 5. The molecule has 32 heavy (non-hydrogen) atoms. The topological polar surface area (TPSA) is 62.3 Å². The highest BCUT2D eigenvalue weighted by Crippen LogP contribution is 2.31. The summed E-state index contributed by atoms with van der Waals surface area (Å²) in [5.74, 6) is 0.175. The van der Waals surface area contributed by atoms with E-state index in [1.807, 2.05) is 65.1 Å². The zero-order valence-corrected chi connectivity index (χ0v) is 20.1. The minimum absolute atomic E-state index is 0.100. The van der Waals surface area contributed by atoms with Gasteiger partial charge in [-0.1, -0.05) is 41.9 Å². The Morgan fingerprint density at radius 2 is 1.88 bits per heavy atom. The van der Waals surface area contributed by atoms with Crippen LogP contribution in [0.3, 0.4) is 0 Å². The summed E-state index contributed by atoms with van der Waals surface area (Å²) in [7, 11) is 0. The maximum Gasteiger partial charge on any atom is 0.275 e. The first-order chi connectivity index (χ1) is 15.5. The van der Waals surface area contributed by atoms with Gasteiger partial charge in [-0.2, -0.15) is 0 Å². The van der Waals surface area contributed by atoms with Gasteiger partial charge in [0.1, 0.15) is 5.69 Å². The van der Waals surface area contributed by atoms with E-state index in [2.05, 4.69) is 10.3 Å². The molecule has 0 unspecified atom stereocenters. The Morgan fingerprint density at radius 3 is 2.62 bits per heavy atom. The number of amides is 2. The first-order valence-electron chi connectivity index (χ1n) is 10.5. The second-order valence-corrected chi connectivity index (χ2v) is 9.79. The summed E-state index contributed by atoms with van der Waals surface area (Å²) in [6.07, 6.45) is 4.00. The number of thioether (sulfide) groups is 1. The second kappa shape index (κ2) is 10.5. The fourth-order valence-electron chi connectivity index (χ4n) is 3.81. The fourth-order valence-corrected chi connectivity index (χ4v) is 5.53. The Balaban J connectivity index is 1.33. The summed E-state index contributed by atoms with van der Waals surface area (Å²) >= 11 is 9.31. The van der Waals surface area contributed by atoms with Crippen molar-refractivity contribution in [1.29, 1.82) is 0 Å². The van der Waals surface area contributed by atoms with Gasteiger partial charge in [0, 0.05) is 34.3 Å². The molecule has 0 saturated carbocycles. The quantitative estimate of drug-likeness (QED) is 0.453. The van der Waals surface area contributed by atoms with E-state index in [1.54, 1.807) is 11.8 Å². The van der Waals surface area contributed by atoms with Gasteiger partial charge in [-0.05, 0) is 42.9 Å². The van der Waals surface area contributed by atoms with E-state index in [1.165, 1.54) is 11.3 Å². The molecule has 2 aromatic carbocycles. The van der Waals surface area contributed by atoms with E-state index in [0.29, 0.717) is 30.2 Å². The number of carbonyl (C=O) groups is 2. The lowest BCUT2D eigenvalue weighted by Crippen LogP contribution is -2.38. The molecular weight excluding hydrogens is 462 g/mol. The molecule has 166 valence electrons. The largest absolute Gasteiger partial charge is 0.342 e. The fraction of sp³-hybridized carbons (Fsp3) is 0.292. The number of thiazole rings is 1. The molecule has 8 heteroatoms. The maximum atomic E-state index is 12.7. The average Bonchev–Trinajstić information content (AvgIpc) is 3.31. The monoisotopic (exact) mass is 485 g/mol. The second-order valence-electron chi connectivity index (χ2n) is 7.65. The standard InChI is InChI=1S/C24H24ClN3O2S2/c1-31-21-9-5-4-8-19(21)26-23(30)20-15-32-24(27-20)16-10-12-28(13-11-16)22(29)14-17-6-2-3-7-18(17)25/h2-9,15-16H,10-14H2,1H3,(H,26,30). The number of benzene rings is 2. The van der Waals surface area contributed by atoms with Crippen molar-refractivity contribution in [1.82, 2.24) is 9.88 Å². The number of likely N-dealkylation sites (tertiary alicyclic amines) is 1. The molecule has 0 aliphatic carbocycles. The predicted octanol–water partition coefficient (Wildman–Crippen LogP) is 5.72. The van der Waals surface area contributed by atoms with Crippen molar-refractivity contribution in [2.45, 2.75) is 30.1 Å². The number of hydrogen-bond donors (Lipinski definition) is 1. The van der Waals surface area contributed by atoms with Gasteiger partial charge in [0.25, 0.3) is 5.91 Å². The van der Waals surface area contributed by atoms with Gasteiger partial charge in [0.15, 0.2) is 0 Å². The summed E-state index contributed by atoms with van der Waals surface area (Å²) in [6, 6.07) is 15.2. The van der Waals surface area contributed by atoms with Crippen molar-refractivity contribution in [3.05, 3.63) is 75.2 Å². The molecule has 3 aromatic rings. The van der Waals surface area contributed by atoms with E-state index < -0.39 is 0 Å². The zero-order chi connectivity index (χ0) is 22.5. The summed E-state index contributed by atoms with van der Waals surface area (Å²) in [6.45, 7) is 1.38. The van der Waals surface area contributed by atoms with Crippen molar-refractivity contribution in [2.24, 2.45) is 0 Å². The number of piperidine rings is 1. The first kappa shape index (κ1) is 22.8. The van der Waals surface area contributed by atoms with Gasteiger partial charge in [-0.15, -0.1) is 23.1 Å². The van der Waals surface area contributed by atoms with Crippen molar-refractivity contribution in [2.75, 3.05) is 24.7 Å². The molecule has 2 amide bonds. The number of anilines is 1. The molecule has 0 bridgehead atoms. The molecule has 5 nitrogen and oxygen atoms in total. The van der Waals surface area contributed by atoms with E-state index in [4.69, 9.17) is 11.6 Å². The lowest BCUT2D eigenvalue weighted by Gasteiger charge is -2.31. The lowest BCUT2D eigenvalue weighted by atomic mass is 9.97. The molecule has 1 aliphatic rings. The Labute approximate surface area is 201 Å². The van der Waals surface area contributed by atoms with Crippen LogP contribution in [0, 0.1) is 0 Å². The van der Waals surface area contributed by atoms with Crippen molar-refractivity contribution in [3.63, 3.8) is 0 Å². The van der Waals surface area contributed by atoms with E-state index in [-0.39, 0.29) is 17.7 Å². The Kier molecular flexibility index (Phi) is 7.50. The summed E-state index contributed by atoms with van der Waals surface area (Å²) in [5.41, 5.74) is 2.10. The average molecular weight is 486 g/mol. The highest BCUT2D eigenvalue weighted by molar-refractivity contribution is 7.98. The van der Waals surface area contributed by atoms with Crippen molar-refractivity contribution in [3.8, 4) is 0 Å². The van der Waals surface area contributed by atoms with Crippen LogP contribution in [0.1, 0.15) is 39.8 Å². The predicted molar refractivity (Wildman–Crippen MR) is 132 cm³/mol. The SMILES string of the molecule is CSc1ccccc1NC(=O)c1csc(C2CCN(C(=O)Cc3ccccc3Cl)CC2)n1. The summed E-state index contributed by atoms with van der Waals surface area (Å²) < 4.78 is 0. The minimum Gasteiger partial charge on any atom is -0.342 e. The number of halogens is 1. The van der Waals surface area contributed by atoms with Crippen molar-refractivity contribution >= 4 is 52.2 Å². The van der Waals surface area contributed by atoms with Crippen LogP contribution in [0.25, 0.3) is 0 Å². The van der Waals surface area contributed by atoms with Gasteiger partial charge in [0.05, 0.1) is 17.1 Å². The molecule has 1 N–H and O–H groups in total. The molecule has 1 fully saturated rings. The molecule has 1 aromatic heterocycles. The van der Waals surface area contributed by atoms with E-state index >= 15 is 0 Å². The lowest BCUT2D eigenvalue weighted by molar-refractivity contribution is -0.131. The third-order valence-corrected chi connectivity index (χ3v) is 7.78. The highest BCUT2D eigenvalue weighted by Gasteiger charge is 2.26. The van der Waals surface area contributed by atoms with Gasteiger partial charge in [0.2, 0.25) is 5.91 Å². The molecule has 4 rings (SSSR count). The van der Waals surface area contributed by atoms with Crippen LogP contribution in [0.2, 0.25) is 5.02 Å². The van der Waals surface area contributed by atoms with Crippen LogP contribution in [-0.4, -0.2) is 41.0 Å². The van der Waals surface area contributed by atoms with Crippen LogP contribution in [0.5, 0.6) is 0 Å². The van der Waals surface area contributed by atoms with Gasteiger partial charge >= 0.3 is 0 Å². The number of para-hydroxylation sites is 1. The Bertz CT molecular complexity index is 1110. The molecule has 2 heterocycles. The number of nitrogens with zero attached hydrogens (tertiary/aromatic N) is 2.